The van der Waals surface area contributed by atoms with Crippen LogP contribution in [0.25, 0.3) is 5.65 Å². The number of piperidine rings is 1. The monoisotopic (exact) mass is 514 g/mol. The molecule has 1 fully saturated rings. The number of aromatic nitrogens is 4. The number of likely N-dealkylation sites (tertiary alicyclic amines) is 1. The summed E-state index contributed by atoms with van der Waals surface area (Å²) in [5.41, 5.74) is 10.3. The van der Waals surface area contributed by atoms with Crippen molar-refractivity contribution in [2.45, 2.75) is 45.3 Å². The maximum absolute atomic E-state index is 12.8. The van der Waals surface area contributed by atoms with Crippen LogP contribution in [0.2, 0.25) is 0 Å². The average molecular weight is 515 g/mol. The molecule has 2 aromatic carbocycles. The van der Waals surface area contributed by atoms with E-state index in [9.17, 15) is 4.79 Å². The molecular weight excluding hydrogens is 480 g/mol. The summed E-state index contributed by atoms with van der Waals surface area (Å²) >= 11 is 0. The first kappa shape index (κ1) is 25.5. The first-order valence-corrected chi connectivity index (χ1v) is 13.0. The number of fused-ring (bicyclic) bond motifs is 1. The Morgan fingerprint density at radius 2 is 1.84 bits per heavy atom. The molecule has 0 bridgehead atoms. The molecule has 0 atom stereocenters. The van der Waals surface area contributed by atoms with Gasteiger partial charge in [-0.2, -0.15) is 19.6 Å². The lowest BCUT2D eigenvalue weighted by Gasteiger charge is -2.28. The third kappa shape index (κ3) is 5.70. The Kier molecular flexibility index (Phi) is 7.41. The van der Waals surface area contributed by atoms with Gasteiger partial charge in [0.1, 0.15) is 6.10 Å². The molecule has 0 unspecified atom stereocenters. The maximum Gasteiger partial charge on any atom is 0.322 e. The smallest absolute Gasteiger partial charge is 0.322 e. The van der Waals surface area contributed by atoms with Gasteiger partial charge in [0.25, 0.3) is 5.91 Å². The van der Waals surface area contributed by atoms with Crippen molar-refractivity contribution in [2.75, 3.05) is 36.5 Å². The van der Waals surface area contributed by atoms with Crippen LogP contribution in [0.15, 0.2) is 54.7 Å². The molecule has 0 saturated carbocycles. The van der Waals surface area contributed by atoms with Crippen LogP contribution < -0.4 is 21.1 Å². The van der Waals surface area contributed by atoms with E-state index in [2.05, 4.69) is 41.5 Å². The molecule has 1 amide bonds. The Bertz CT molecular complexity index is 1410. The predicted octanol–water partition coefficient (Wildman–Crippen LogP) is 4.17. The molecule has 10 heteroatoms. The third-order valence-corrected chi connectivity index (χ3v) is 6.81. The molecule has 3 heterocycles. The molecule has 0 spiro atoms. The highest BCUT2D eigenvalue weighted by molar-refractivity contribution is 6.04. The van der Waals surface area contributed by atoms with E-state index in [1.165, 1.54) is 0 Å². The number of carbonyl (C=O) groups is 1. The molecule has 5 rings (SSSR count). The largest absolute Gasteiger partial charge is 0.460 e. The summed E-state index contributed by atoms with van der Waals surface area (Å²) in [6.07, 6.45) is 3.78. The second-order valence-corrected chi connectivity index (χ2v) is 10.0. The number of nitrogens with zero attached hydrogens (tertiary/aromatic N) is 5. The molecule has 0 aliphatic carbocycles. The van der Waals surface area contributed by atoms with Crippen molar-refractivity contribution in [1.82, 2.24) is 24.5 Å². The number of hydrogen-bond acceptors (Lipinski definition) is 8. The molecule has 1 saturated heterocycles. The van der Waals surface area contributed by atoms with Gasteiger partial charge < -0.3 is 26.0 Å². The number of anilines is 3. The quantitative estimate of drug-likeness (QED) is 0.300. The van der Waals surface area contributed by atoms with Crippen LogP contribution in [-0.2, 0) is 6.54 Å². The lowest BCUT2D eigenvalue weighted by atomic mass is 10.1. The van der Waals surface area contributed by atoms with Crippen molar-refractivity contribution in [3.05, 3.63) is 71.4 Å². The first-order chi connectivity index (χ1) is 18.4. The number of rotatable bonds is 8. The Balaban J connectivity index is 1.38. The van der Waals surface area contributed by atoms with Gasteiger partial charge in [-0.25, -0.2) is 0 Å². The molecule has 2 aromatic heterocycles. The summed E-state index contributed by atoms with van der Waals surface area (Å²) < 4.78 is 7.96. The maximum atomic E-state index is 12.8. The van der Waals surface area contributed by atoms with Crippen LogP contribution in [-0.4, -0.2) is 56.6 Å². The number of nitrogen functional groups attached to an aromatic ring is 1. The minimum atomic E-state index is -0.204. The summed E-state index contributed by atoms with van der Waals surface area (Å²) in [4.78, 5) is 24.5. The van der Waals surface area contributed by atoms with E-state index in [1.54, 1.807) is 28.8 Å². The van der Waals surface area contributed by atoms with Crippen LogP contribution in [0.5, 0.6) is 6.01 Å². The number of benzene rings is 2. The van der Waals surface area contributed by atoms with Crippen LogP contribution >= 0.6 is 0 Å². The van der Waals surface area contributed by atoms with Crippen LogP contribution in [0.4, 0.5) is 17.3 Å². The van der Waals surface area contributed by atoms with E-state index in [4.69, 9.17) is 20.4 Å². The lowest BCUT2D eigenvalue weighted by molar-refractivity contribution is 0.102. The van der Waals surface area contributed by atoms with Gasteiger partial charge in [-0.05, 0) is 61.7 Å². The predicted molar refractivity (Wildman–Crippen MR) is 149 cm³/mol. The average Bonchev–Trinajstić information content (AvgIpc) is 3.34. The molecule has 1 aliphatic heterocycles. The van der Waals surface area contributed by atoms with E-state index in [0.29, 0.717) is 35.4 Å². The Morgan fingerprint density at radius 1 is 1.11 bits per heavy atom. The minimum Gasteiger partial charge on any atom is -0.460 e. The molecule has 198 valence electrons. The van der Waals surface area contributed by atoms with Crippen LogP contribution in [0, 0.1) is 0 Å². The Morgan fingerprint density at radius 3 is 2.58 bits per heavy atom. The number of carbonyl (C=O) groups excluding carboxylic acids is 1. The second kappa shape index (κ2) is 11.1. The van der Waals surface area contributed by atoms with E-state index in [1.807, 2.05) is 30.5 Å². The van der Waals surface area contributed by atoms with Gasteiger partial charge in [-0.1, -0.05) is 32.0 Å². The van der Waals surface area contributed by atoms with E-state index in [-0.39, 0.29) is 17.9 Å². The summed E-state index contributed by atoms with van der Waals surface area (Å²) in [5.74, 6) is 0.574. The number of nitrogens with two attached hydrogens (primary N) is 1. The zero-order valence-electron chi connectivity index (χ0n) is 22.0. The van der Waals surface area contributed by atoms with Gasteiger partial charge >= 0.3 is 6.01 Å². The molecule has 10 nitrogen and oxygen atoms in total. The summed E-state index contributed by atoms with van der Waals surface area (Å²) in [6, 6.07) is 14.8. The molecule has 4 aromatic rings. The minimum absolute atomic E-state index is 0.0798. The van der Waals surface area contributed by atoms with Crippen molar-refractivity contribution in [2.24, 2.45) is 0 Å². The molecule has 38 heavy (non-hydrogen) atoms. The highest BCUT2D eigenvalue weighted by Crippen LogP contribution is 2.25. The fraction of sp³-hybridized carbons (Fsp3) is 0.357. The lowest BCUT2D eigenvalue weighted by Crippen LogP contribution is -2.36. The van der Waals surface area contributed by atoms with Gasteiger partial charge in [0, 0.05) is 42.1 Å². The van der Waals surface area contributed by atoms with Crippen molar-refractivity contribution in [3.63, 3.8) is 0 Å². The van der Waals surface area contributed by atoms with E-state index >= 15 is 0 Å². The van der Waals surface area contributed by atoms with Gasteiger partial charge in [-0.3, -0.25) is 4.79 Å². The number of amides is 1. The highest BCUT2D eigenvalue weighted by Gasteiger charge is 2.22. The molecule has 4 N–H and O–H groups in total. The molecular formula is C28H34N8O2. The fourth-order valence-electron chi connectivity index (χ4n) is 4.50. The van der Waals surface area contributed by atoms with Crippen LogP contribution in [0.3, 0.4) is 0 Å². The molecule has 1 aliphatic rings. The normalized spacial score (nSPS) is 14.6. The third-order valence-electron chi connectivity index (χ3n) is 6.81. The topological polar surface area (TPSA) is 123 Å². The van der Waals surface area contributed by atoms with Crippen molar-refractivity contribution >= 4 is 28.9 Å². The molecule has 0 radical (unpaired) electrons. The number of ether oxygens (including phenoxy) is 1. The standard InChI is InChI=1S/C28H34N8O2/c1-18(2)23-17-31-36-25(23)33-28(38-22-12-14-35(3)15-13-22)34-27(36)30-16-20-6-4-5-7-24(20)32-26(37)19-8-10-21(29)11-9-19/h4-11,17-18,22H,12-16,29H2,1-3H3,(H,32,37)(H,30,33,34). The Labute approximate surface area is 222 Å². The van der Waals surface area contributed by atoms with Gasteiger partial charge in [0.15, 0.2) is 5.65 Å². The Hall–Kier alpha value is -4.18. The summed E-state index contributed by atoms with van der Waals surface area (Å²) in [7, 11) is 2.12. The number of hydrogen-bond donors (Lipinski definition) is 3. The van der Waals surface area contributed by atoms with Crippen molar-refractivity contribution in [3.8, 4) is 6.01 Å². The summed E-state index contributed by atoms with van der Waals surface area (Å²) in [5, 5.41) is 11.0. The second-order valence-electron chi connectivity index (χ2n) is 10.0. The zero-order chi connectivity index (χ0) is 26.6. The van der Waals surface area contributed by atoms with E-state index < -0.39 is 0 Å². The highest BCUT2D eigenvalue weighted by atomic mass is 16.5. The number of nitrogens with one attached hydrogen (secondary N) is 2. The zero-order valence-corrected chi connectivity index (χ0v) is 22.0. The van der Waals surface area contributed by atoms with Crippen molar-refractivity contribution < 1.29 is 9.53 Å². The van der Waals surface area contributed by atoms with Gasteiger partial charge in [-0.15, -0.1) is 0 Å². The first-order valence-electron chi connectivity index (χ1n) is 13.0. The fourth-order valence-corrected chi connectivity index (χ4v) is 4.50. The van der Waals surface area contributed by atoms with Crippen LogP contribution in [0.1, 0.15) is 54.1 Å². The number of para-hydroxylation sites is 1. The SMILES string of the molecule is CC(C)c1cnn2c(NCc3ccccc3NC(=O)c3ccc(N)cc3)nc(OC3CCN(C)CC3)nc12. The van der Waals surface area contributed by atoms with Gasteiger partial charge in [0.05, 0.1) is 6.20 Å². The van der Waals surface area contributed by atoms with E-state index in [0.717, 1.165) is 42.7 Å². The van der Waals surface area contributed by atoms with Gasteiger partial charge in [0.2, 0.25) is 5.95 Å². The van der Waals surface area contributed by atoms with Crippen molar-refractivity contribution in [1.29, 1.82) is 0 Å². The summed E-state index contributed by atoms with van der Waals surface area (Å²) in [6.45, 7) is 6.61.